The summed E-state index contributed by atoms with van der Waals surface area (Å²) in [6.45, 7) is 1.83. The molecule has 9 heteroatoms. The summed E-state index contributed by atoms with van der Waals surface area (Å²) in [6, 6.07) is 8.14. The molecule has 2 aromatic rings. The van der Waals surface area contributed by atoms with Crippen LogP contribution in [0, 0.1) is 5.41 Å². The van der Waals surface area contributed by atoms with E-state index in [9.17, 15) is 9.59 Å². The van der Waals surface area contributed by atoms with Crippen molar-refractivity contribution < 1.29 is 9.53 Å². The van der Waals surface area contributed by atoms with Gasteiger partial charge in [-0.1, -0.05) is 34.8 Å². The number of halogens is 3. The molecule has 1 aromatic carbocycles. The number of carbonyl (C=O) groups is 1. The smallest absolute Gasteiger partial charge is 0.342 e. The lowest BCUT2D eigenvalue weighted by atomic mass is 10.2. The molecule has 0 amide bonds. The van der Waals surface area contributed by atoms with Gasteiger partial charge in [-0.05, 0) is 37.3 Å². The Balaban J connectivity index is 2.28. The van der Waals surface area contributed by atoms with Crippen molar-refractivity contribution >= 4 is 52.7 Å². The Labute approximate surface area is 164 Å². The van der Waals surface area contributed by atoms with Crippen molar-refractivity contribution in [1.29, 1.82) is 5.41 Å². The molecule has 6 nitrogen and oxygen atoms in total. The lowest BCUT2D eigenvalue weighted by Crippen LogP contribution is -2.18. The minimum atomic E-state index is -0.695. The summed E-state index contributed by atoms with van der Waals surface area (Å²) in [5, 5.41) is 10.2. The highest BCUT2D eigenvalue weighted by Crippen LogP contribution is 2.20. The maximum atomic E-state index is 12.1. The van der Waals surface area contributed by atoms with E-state index in [0.717, 1.165) is 6.21 Å². The normalized spacial score (nSPS) is 11.5. The van der Waals surface area contributed by atoms with Crippen LogP contribution in [0.15, 0.2) is 52.1 Å². The average Bonchev–Trinajstić information content (AvgIpc) is 2.61. The summed E-state index contributed by atoms with van der Waals surface area (Å²) in [4.78, 5) is 23.9. The summed E-state index contributed by atoms with van der Waals surface area (Å²) in [5.41, 5.74) is 0.580. The number of aromatic nitrogens is 1. The Morgan fingerprint density at radius 2 is 1.92 bits per heavy atom. The van der Waals surface area contributed by atoms with E-state index in [0.29, 0.717) is 11.4 Å². The van der Waals surface area contributed by atoms with Crippen LogP contribution < -0.4 is 10.9 Å². The standard InChI is InChI=1S/C17H14Cl3N3O3/c1-2-26-17(25)12(9-21)15(20)22-10-3-5-11(6-4-10)23-8-7-13(18)14(19)16(23)24/h3-9,21-22H,2H2,1H3/b15-12+,21-9?. The van der Waals surface area contributed by atoms with E-state index in [-0.39, 0.29) is 27.4 Å². The summed E-state index contributed by atoms with van der Waals surface area (Å²) < 4.78 is 6.18. The van der Waals surface area contributed by atoms with Crippen LogP contribution in [0.4, 0.5) is 5.69 Å². The van der Waals surface area contributed by atoms with Crippen LogP contribution in [0.25, 0.3) is 5.69 Å². The van der Waals surface area contributed by atoms with E-state index in [1.807, 2.05) is 0 Å². The SMILES string of the molecule is CCOC(=O)/C(C=N)=C(\Cl)Nc1ccc(-n2ccc(Cl)c(Cl)c2=O)cc1. The van der Waals surface area contributed by atoms with Gasteiger partial charge in [0.15, 0.2) is 0 Å². The van der Waals surface area contributed by atoms with E-state index >= 15 is 0 Å². The number of benzene rings is 1. The third-order valence-electron chi connectivity index (χ3n) is 3.26. The number of anilines is 1. The summed E-state index contributed by atoms with van der Waals surface area (Å²) in [5.74, 6) is -0.695. The quantitative estimate of drug-likeness (QED) is 0.321. The molecule has 2 N–H and O–H groups in total. The number of pyridine rings is 1. The summed E-state index contributed by atoms with van der Waals surface area (Å²) in [7, 11) is 0. The number of hydrogen-bond acceptors (Lipinski definition) is 5. The van der Waals surface area contributed by atoms with Gasteiger partial charge >= 0.3 is 5.97 Å². The molecule has 1 heterocycles. The van der Waals surface area contributed by atoms with Crippen LogP contribution >= 0.6 is 34.8 Å². The fraction of sp³-hybridized carbons (Fsp3) is 0.118. The Hall–Kier alpha value is -2.28. The minimum absolute atomic E-state index is 0.0436. The highest BCUT2D eigenvalue weighted by atomic mass is 35.5. The third-order valence-corrected chi connectivity index (χ3v) is 4.34. The highest BCUT2D eigenvalue weighted by Gasteiger charge is 2.14. The summed E-state index contributed by atoms with van der Waals surface area (Å²) in [6.07, 6.45) is 2.33. The first-order valence-corrected chi connectivity index (χ1v) is 8.54. The first-order chi connectivity index (χ1) is 12.4. The molecule has 0 aliphatic carbocycles. The van der Waals surface area contributed by atoms with Crippen molar-refractivity contribution in [3.05, 3.63) is 67.7 Å². The van der Waals surface area contributed by atoms with Gasteiger partial charge in [0.1, 0.15) is 15.8 Å². The van der Waals surface area contributed by atoms with Crippen LogP contribution in [0.3, 0.4) is 0 Å². The summed E-state index contributed by atoms with van der Waals surface area (Å²) >= 11 is 17.8. The highest BCUT2D eigenvalue weighted by molar-refractivity contribution is 6.41. The van der Waals surface area contributed by atoms with E-state index in [1.165, 1.54) is 16.8 Å². The lowest BCUT2D eigenvalue weighted by molar-refractivity contribution is -0.137. The van der Waals surface area contributed by atoms with Crippen molar-refractivity contribution in [2.75, 3.05) is 11.9 Å². The van der Waals surface area contributed by atoms with Gasteiger partial charge < -0.3 is 15.5 Å². The van der Waals surface area contributed by atoms with Crippen molar-refractivity contribution in [2.45, 2.75) is 6.92 Å². The second kappa shape index (κ2) is 8.89. The molecule has 0 bridgehead atoms. The number of rotatable bonds is 6. The Morgan fingerprint density at radius 1 is 1.27 bits per heavy atom. The molecule has 2 rings (SSSR count). The Bertz CT molecular complexity index is 921. The van der Waals surface area contributed by atoms with Gasteiger partial charge in [-0.15, -0.1) is 0 Å². The maximum Gasteiger partial charge on any atom is 0.342 e. The first kappa shape index (κ1) is 20.0. The molecular formula is C17H14Cl3N3O3. The van der Waals surface area contributed by atoms with Crippen LogP contribution in [-0.2, 0) is 9.53 Å². The molecule has 0 saturated carbocycles. The molecule has 0 spiro atoms. The number of nitrogens with one attached hydrogen (secondary N) is 2. The van der Waals surface area contributed by atoms with Gasteiger partial charge in [0.25, 0.3) is 5.56 Å². The predicted octanol–water partition coefficient (Wildman–Crippen LogP) is 4.22. The van der Waals surface area contributed by atoms with Crippen molar-refractivity contribution in [2.24, 2.45) is 0 Å². The van der Waals surface area contributed by atoms with Gasteiger partial charge in [-0.3, -0.25) is 9.36 Å². The van der Waals surface area contributed by atoms with Gasteiger partial charge in [-0.25, -0.2) is 4.79 Å². The lowest BCUT2D eigenvalue weighted by Gasteiger charge is -2.11. The molecule has 0 fully saturated rings. The minimum Gasteiger partial charge on any atom is -0.462 e. The first-order valence-electron chi connectivity index (χ1n) is 7.40. The zero-order valence-electron chi connectivity index (χ0n) is 13.6. The van der Waals surface area contributed by atoms with Crippen molar-refractivity contribution in [3.8, 4) is 5.69 Å². The molecule has 26 heavy (non-hydrogen) atoms. The monoisotopic (exact) mass is 413 g/mol. The van der Waals surface area contributed by atoms with E-state index < -0.39 is 11.5 Å². The van der Waals surface area contributed by atoms with Crippen LogP contribution in [-0.4, -0.2) is 23.4 Å². The Kier molecular flexibility index (Phi) is 6.85. The van der Waals surface area contributed by atoms with Gasteiger partial charge in [-0.2, -0.15) is 0 Å². The number of nitrogens with zero attached hydrogens (tertiary/aromatic N) is 1. The molecular weight excluding hydrogens is 401 g/mol. The molecule has 0 saturated heterocycles. The van der Waals surface area contributed by atoms with Crippen molar-refractivity contribution in [1.82, 2.24) is 4.57 Å². The van der Waals surface area contributed by atoms with Gasteiger partial charge in [0, 0.05) is 23.8 Å². The average molecular weight is 415 g/mol. The second-order valence-corrected chi connectivity index (χ2v) is 6.08. The third kappa shape index (κ3) is 4.46. The number of carbonyl (C=O) groups excluding carboxylic acids is 1. The molecule has 0 unspecified atom stereocenters. The van der Waals surface area contributed by atoms with Crippen LogP contribution in [0.2, 0.25) is 10.0 Å². The molecule has 0 atom stereocenters. The van der Waals surface area contributed by atoms with Crippen LogP contribution in [0.1, 0.15) is 6.92 Å². The van der Waals surface area contributed by atoms with E-state index in [1.54, 1.807) is 31.2 Å². The van der Waals surface area contributed by atoms with Gasteiger partial charge in [0.05, 0.1) is 11.6 Å². The number of hydrogen-bond donors (Lipinski definition) is 2. The predicted molar refractivity (Wildman–Crippen MR) is 104 cm³/mol. The second-order valence-electron chi connectivity index (χ2n) is 4.92. The molecule has 0 aliphatic rings. The maximum absolute atomic E-state index is 12.1. The van der Waals surface area contributed by atoms with E-state index in [2.05, 4.69) is 5.32 Å². The zero-order valence-corrected chi connectivity index (χ0v) is 15.8. The van der Waals surface area contributed by atoms with Crippen molar-refractivity contribution in [3.63, 3.8) is 0 Å². The molecule has 1 aromatic heterocycles. The topological polar surface area (TPSA) is 84.2 Å². The Morgan fingerprint density at radius 3 is 2.50 bits per heavy atom. The van der Waals surface area contributed by atoms with E-state index in [4.69, 9.17) is 44.9 Å². The fourth-order valence-electron chi connectivity index (χ4n) is 2.01. The molecule has 0 aliphatic heterocycles. The largest absolute Gasteiger partial charge is 0.462 e. The molecule has 136 valence electrons. The fourth-order valence-corrected chi connectivity index (χ4v) is 2.54. The zero-order chi connectivity index (χ0) is 19.3. The number of esters is 1. The van der Waals surface area contributed by atoms with Crippen LogP contribution in [0.5, 0.6) is 0 Å². The number of ether oxygens (including phenoxy) is 1. The molecule has 0 radical (unpaired) electrons. The van der Waals surface area contributed by atoms with Gasteiger partial charge in [0.2, 0.25) is 0 Å².